The topological polar surface area (TPSA) is 72.0 Å². The molecule has 18 heavy (non-hydrogen) atoms. The first-order chi connectivity index (χ1) is 8.54. The first-order valence-electron chi connectivity index (χ1n) is 5.87. The van der Waals surface area contributed by atoms with Crippen LogP contribution in [-0.4, -0.2) is 21.7 Å². The van der Waals surface area contributed by atoms with Gasteiger partial charge in [-0.1, -0.05) is 6.58 Å². The second kappa shape index (κ2) is 4.74. The summed E-state index contributed by atoms with van der Waals surface area (Å²) in [5.74, 6) is 0. The number of rotatable bonds is 3. The predicted octanol–water partition coefficient (Wildman–Crippen LogP) is 2.22. The minimum Gasteiger partial charge on any atom is -0.398 e. The number of hydrogen-bond donors (Lipinski definition) is 2. The zero-order valence-corrected chi connectivity index (χ0v) is 10.7. The lowest BCUT2D eigenvalue weighted by Crippen LogP contribution is -2.01. The molecular weight excluding hydrogens is 226 g/mol. The van der Waals surface area contributed by atoms with Crippen LogP contribution in [0, 0.1) is 13.8 Å². The quantitative estimate of drug-likeness (QED) is 0.811. The lowest BCUT2D eigenvalue weighted by Gasteiger charge is -2.12. The Morgan fingerprint density at radius 3 is 2.61 bits per heavy atom. The number of aliphatic hydroxyl groups is 1. The first kappa shape index (κ1) is 12.5. The first-order valence-corrected chi connectivity index (χ1v) is 5.87. The van der Waals surface area contributed by atoms with Crippen molar-refractivity contribution in [2.24, 2.45) is 0 Å². The fourth-order valence-corrected chi connectivity index (χ4v) is 1.94. The third-order valence-electron chi connectivity index (χ3n) is 3.05. The standard InChI is InChI=1S/C14H17N3O/c1-8(6-7-18)13-11(15)4-5-12-14(13)17-10(3)9(2)16-12/h4-5,18H,1,6-7,15H2,2-3H3. The summed E-state index contributed by atoms with van der Waals surface area (Å²) in [5, 5.41) is 9.02. The van der Waals surface area contributed by atoms with Crippen molar-refractivity contribution >= 4 is 22.3 Å². The average molecular weight is 243 g/mol. The number of nitrogen functional groups attached to an aromatic ring is 1. The zero-order chi connectivity index (χ0) is 13.3. The monoisotopic (exact) mass is 243 g/mol. The van der Waals surface area contributed by atoms with E-state index in [1.807, 2.05) is 26.0 Å². The van der Waals surface area contributed by atoms with E-state index in [2.05, 4.69) is 16.5 Å². The number of hydrogen-bond acceptors (Lipinski definition) is 4. The minimum absolute atomic E-state index is 0.0485. The molecule has 0 atom stereocenters. The van der Waals surface area contributed by atoms with Crippen LogP contribution < -0.4 is 5.73 Å². The minimum atomic E-state index is 0.0485. The summed E-state index contributed by atoms with van der Waals surface area (Å²) in [6, 6.07) is 3.67. The lowest BCUT2D eigenvalue weighted by atomic mass is 10.0. The number of aryl methyl sites for hydroxylation is 2. The Morgan fingerprint density at radius 2 is 1.94 bits per heavy atom. The van der Waals surface area contributed by atoms with Gasteiger partial charge in [-0.25, -0.2) is 9.97 Å². The molecule has 1 aromatic carbocycles. The van der Waals surface area contributed by atoms with Crippen LogP contribution in [0.2, 0.25) is 0 Å². The van der Waals surface area contributed by atoms with Crippen molar-refractivity contribution in [2.45, 2.75) is 20.3 Å². The zero-order valence-electron chi connectivity index (χ0n) is 10.7. The second-order valence-corrected chi connectivity index (χ2v) is 4.37. The van der Waals surface area contributed by atoms with Crippen molar-refractivity contribution < 1.29 is 5.11 Å². The molecule has 0 aliphatic heterocycles. The van der Waals surface area contributed by atoms with E-state index >= 15 is 0 Å². The van der Waals surface area contributed by atoms with Crippen molar-refractivity contribution in [1.82, 2.24) is 9.97 Å². The molecule has 0 fully saturated rings. The van der Waals surface area contributed by atoms with E-state index in [4.69, 9.17) is 10.8 Å². The Kier molecular flexibility index (Phi) is 3.30. The molecule has 4 nitrogen and oxygen atoms in total. The second-order valence-electron chi connectivity index (χ2n) is 4.37. The van der Waals surface area contributed by atoms with Gasteiger partial charge in [-0.3, -0.25) is 0 Å². The molecule has 0 saturated heterocycles. The summed E-state index contributed by atoms with van der Waals surface area (Å²) in [4.78, 5) is 9.05. The number of benzene rings is 1. The van der Waals surface area contributed by atoms with Crippen molar-refractivity contribution in [3.05, 3.63) is 35.7 Å². The van der Waals surface area contributed by atoms with Gasteiger partial charge >= 0.3 is 0 Å². The maximum atomic E-state index is 9.02. The van der Waals surface area contributed by atoms with E-state index in [9.17, 15) is 0 Å². The lowest BCUT2D eigenvalue weighted by molar-refractivity contribution is 0.305. The number of aromatic nitrogens is 2. The highest BCUT2D eigenvalue weighted by Gasteiger charge is 2.12. The number of anilines is 1. The maximum Gasteiger partial charge on any atom is 0.0985 e. The van der Waals surface area contributed by atoms with Gasteiger partial charge in [0.05, 0.1) is 22.4 Å². The average Bonchev–Trinajstić information content (AvgIpc) is 2.31. The van der Waals surface area contributed by atoms with Crippen LogP contribution in [0.1, 0.15) is 23.4 Å². The molecule has 3 N–H and O–H groups in total. The molecule has 1 aromatic heterocycles. The van der Waals surface area contributed by atoms with E-state index in [1.54, 1.807) is 0 Å². The molecule has 0 bridgehead atoms. The van der Waals surface area contributed by atoms with Gasteiger partial charge in [-0.2, -0.15) is 0 Å². The van der Waals surface area contributed by atoms with Gasteiger partial charge in [0.15, 0.2) is 0 Å². The van der Waals surface area contributed by atoms with Crippen molar-refractivity contribution in [3.63, 3.8) is 0 Å². The normalized spacial score (nSPS) is 10.8. The van der Waals surface area contributed by atoms with E-state index in [-0.39, 0.29) is 6.61 Å². The molecule has 2 rings (SSSR count). The summed E-state index contributed by atoms with van der Waals surface area (Å²) in [6.07, 6.45) is 0.484. The molecule has 4 heteroatoms. The van der Waals surface area contributed by atoms with E-state index in [1.165, 1.54) is 0 Å². The summed E-state index contributed by atoms with van der Waals surface area (Å²) in [6.45, 7) is 7.87. The van der Waals surface area contributed by atoms with Gasteiger partial charge in [0.1, 0.15) is 0 Å². The van der Waals surface area contributed by atoms with Gasteiger partial charge in [0, 0.05) is 17.9 Å². The molecular formula is C14H17N3O. The van der Waals surface area contributed by atoms with Crippen LogP contribution in [0.4, 0.5) is 5.69 Å². The third kappa shape index (κ3) is 2.07. The Bertz CT molecular complexity index is 620. The summed E-state index contributed by atoms with van der Waals surface area (Å²) < 4.78 is 0. The molecule has 0 aliphatic carbocycles. The Morgan fingerprint density at radius 1 is 1.28 bits per heavy atom. The molecule has 2 aromatic rings. The molecule has 0 aliphatic rings. The van der Waals surface area contributed by atoms with Crippen LogP contribution in [0.15, 0.2) is 18.7 Å². The van der Waals surface area contributed by atoms with E-state index in [0.29, 0.717) is 12.1 Å². The van der Waals surface area contributed by atoms with Crippen LogP contribution in [0.5, 0.6) is 0 Å². The Labute approximate surface area is 106 Å². The van der Waals surface area contributed by atoms with E-state index < -0.39 is 0 Å². The Hall–Kier alpha value is -1.94. The fourth-order valence-electron chi connectivity index (χ4n) is 1.94. The van der Waals surface area contributed by atoms with Crippen LogP contribution in [0.3, 0.4) is 0 Å². The highest BCUT2D eigenvalue weighted by Crippen LogP contribution is 2.29. The number of nitrogens with two attached hydrogens (primary N) is 1. The molecule has 0 radical (unpaired) electrons. The van der Waals surface area contributed by atoms with Crippen LogP contribution >= 0.6 is 0 Å². The van der Waals surface area contributed by atoms with Crippen molar-refractivity contribution in [3.8, 4) is 0 Å². The molecule has 0 saturated carbocycles. The van der Waals surface area contributed by atoms with Gasteiger partial charge in [-0.15, -0.1) is 0 Å². The maximum absolute atomic E-state index is 9.02. The Balaban J connectivity index is 2.74. The SMILES string of the molecule is C=C(CCO)c1c(N)ccc2nc(C)c(C)nc12. The highest BCUT2D eigenvalue weighted by atomic mass is 16.2. The van der Waals surface area contributed by atoms with Gasteiger partial charge < -0.3 is 10.8 Å². The molecule has 1 heterocycles. The summed E-state index contributed by atoms with van der Waals surface area (Å²) >= 11 is 0. The highest BCUT2D eigenvalue weighted by molar-refractivity contribution is 5.94. The molecule has 0 spiro atoms. The van der Waals surface area contributed by atoms with Gasteiger partial charge in [-0.05, 0) is 38.0 Å². The number of fused-ring (bicyclic) bond motifs is 1. The van der Waals surface area contributed by atoms with Crippen molar-refractivity contribution in [1.29, 1.82) is 0 Å². The predicted molar refractivity (Wildman–Crippen MR) is 74.2 cm³/mol. The van der Waals surface area contributed by atoms with Gasteiger partial charge in [0.25, 0.3) is 0 Å². The number of nitrogens with zero attached hydrogens (tertiary/aromatic N) is 2. The van der Waals surface area contributed by atoms with Crippen LogP contribution in [-0.2, 0) is 0 Å². The van der Waals surface area contributed by atoms with Crippen molar-refractivity contribution in [2.75, 3.05) is 12.3 Å². The molecule has 0 unspecified atom stereocenters. The summed E-state index contributed by atoms with van der Waals surface area (Å²) in [7, 11) is 0. The molecule has 0 amide bonds. The molecule has 94 valence electrons. The number of aliphatic hydroxyl groups excluding tert-OH is 1. The third-order valence-corrected chi connectivity index (χ3v) is 3.05. The smallest absolute Gasteiger partial charge is 0.0985 e. The van der Waals surface area contributed by atoms with Crippen LogP contribution in [0.25, 0.3) is 16.6 Å². The summed E-state index contributed by atoms with van der Waals surface area (Å²) in [5.41, 5.74) is 11.6. The van der Waals surface area contributed by atoms with E-state index in [0.717, 1.165) is 33.6 Å². The van der Waals surface area contributed by atoms with Gasteiger partial charge in [0.2, 0.25) is 0 Å². The largest absolute Gasteiger partial charge is 0.398 e. The fraction of sp³-hybridized carbons (Fsp3) is 0.286.